The average Bonchev–Trinajstić information content (AvgIpc) is 2.42. The van der Waals surface area contributed by atoms with Gasteiger partial charge in [-0.05, 0) is 48.8 Å². The lowest BCUT2D eigenvalue weighted by atomic mass is 9.79. The molecule has 1 fully saturated rings. The molecule has 0 radical (unpaired) electrons. The van der Waals surface area contributed by atoms with Gasteiger partial charge >= 0.3 is 0 Å². The molecule has 0 spiro atoms. The molecule has 3 atom stereocenters. The van der Waals surface area contributed by atoms with Crippen LogP contribution < -0.4 is 4.72 Å². The van der Waals surface area contributed by atoms with E-state index in [-0.39, 0.29) is 22.6 Å². The second-order valence-electron chi connectivity index (χ2n) is 6.00. The van der Waals surface area contributed by atoms with Crippen molar-refractivity contribution in [3.05, 3.63) is 28.8 Å². The van der Waals surface area contributed by atoms with Gasteiger partial charge in [-0.2, -0.15) is 0 Å². The van der Waals surface area contributed by atoms with E-state index in [1.54, 1.807) is 6.07 Å². The Hall–Kier alpha value is -0.620. The van der Waals surface area contributed by atoms with E-state index in [2.05, 4.69) is 18.6 Å². The topological polar surface area (TPSA) is 66.4 Å². The highest BCUT2D eigenvalue weighted by Gasteiger charge is 2.28. The first-order valence-electron chi connectivity index (χ1n) is 7.25. The van der Waals surface area contributed by atoms with Gasteiger partial charge in [0.05, 0.1) is 11.5 Å². The summed E-state index contributed by atoms with van der Waals surface area (Å²) in [6, 6.07) is 4.40. The third-order valence-electron chi connectivity index (χ3n) is 4.43. The second-order valence-corrected chi connectivity index (χ2v) is 8.12. The van der Waals surface area contributed by atoms with Crippen LogP contribution in [0, 0.1) is 11.8 Å². The SMILES string of the molecule is CC1CCC(NS(=O)(=O)c2ccc(CO)c(Cl)c2)CC1C. The fourth-order valence-electron chi connectivity index (χ4n) is 2.77. The zero-order valence-electron chi connectivity index (χ0n) is 12.3. The highest BCUT2D eigenvalue weighted by Crippen LogP contribution is 2.30. The van der Waals surface area contributed by atoms with Gasteiger partial charge in [-0.3, -0.25) is 0 Å². The van der Waals surface area contributed by atoms with Gasteiger partial charge in [0.15, 0.2) is 0 Å². The van der Waals surface area contributed by atoms with E-state index in [1.807, 2.05) is 0 Å². The third-order valence-corrected chi connectivity index (χ3v) is 6.30. The Morgan fingerprint density at radius 2 is 2.00 bits per heavy atom. The first-order chi connectivity index (χ1) is 9.83. The Labute approximate surface area is 131 Å². The van der Waals surface area contributed by atoms with E-state index in [0.29, 0.717) is 17.4 Å². The summed E-state index contributed by atoms with van der Waals surface area (Å²) >= 11 is 5.97. The van der Waals surface area contributed by atoms with Crippen LogP contribution in [0.15, 0.2) is 23.1 Å². The largest absolute Gasteiger partial charge is 0.392 e. The Balaban J connectivity index is 2.13. The Bertz CT molecular complexity index is 603. The van der Waals surface area contributed by atoms with Crippen LogP contribution in [0.2, 0.25) is 5.02 Å². The molecular weight excluding hydrogens is 310 g/mol. The molecule has 0 amide bonds. The molecule has 3 unspecified atom stereocenters. The van der Waals surface area contributed by atoms with Gasteiger partial charge < -0.3 is 5.11 Å². The van der Waals surface area contributed by atoms with Crippen LogP contribution in [0.4, 0.5) is 0 Å². The normalized spacial score (nSPS) is 26.8. The molecule has 1 aliphatic carbocycles. The average molecular weight is 332 g/mol. The molecule has 118 valence electrons. The number of rotatable bonds is 4. The number of sulfonamides is 1. The number of aliphatic hydroxyl groups is 1. The maximum Gasteiger partial charge on any atom is 0.240 e. The molecule has 1 saturated carbocycles. The van der Waals surface area contributed by atoms with Gasteiger partial charge in [0.2, 0.25) is 10.0 Å². The Morgan fingerprint density at radius 1 is 1.29 bits per heavy atom. The first-order valence-corrected chi connectivity index (χ1v) is 9.11. The number of hydrogen-bond donors (Lipinski definition) is 2. The van der Waals surface area contributed by atoms with E-state index in [9.17, 15) is 8.42 Å². The molecule has 0 heterocycles. The minimum absolute atomic E-state index is 0.0162. The summed E-state index contributed by atoms with van der Waals surface area (Å²) in [5, 5.41) is 9.35. The molecule has 1 aromatic rings. The monoisotopic (exact) mass is 331 g/mol. The molecule has 0 bridgehead atoms. The summed E-state index contributed by atoms with van der Waals surface area (Å²) in [7, 11) is -3.56. The molecule has 0 aromatic heterocycles. The van der Waals surface area contributed by atoms with Crippen LogP contribution >= 0.6 is 11.6 Å². The summed E-state index contributed by atoms with van der Waals surface area (Å²) in [4.78, 5) is 0.149. The van der Waals surface area contributed by atoms with Crippen molar-refractivity contribution in [2.75, 3.05) is 0 Å². The van der Waals surface area contributed by atoms with Crippen LogP contribution in [0.3, 0.4) is 0 Å². The number of aliphatic hydroxyl groups excluding tert-OH is 1. The zero-order valence-corrected chi connectivity index (χ0v) is 13.9. The number of halogens is 1. The Kier molecular flexibility index (Phi) is 5.30. The molecule has 1 aliphatic rings. The van der Waals surface area contributed by atoms with Gasteiger partial charge in [-0.1, -0.05) is 31.5 Å². The van der Waals surface area contributed by atoms with Gasteiger partial charge in [0.1, 0.15) is 0 Å². The molecule has 21 heavy (non-hydrogen) atoms. The predicted octanol–water partition coefficient (Wildman–Crippen LogP) is 2.94. The van der Waals surface area contributed by atoms with Crippen LogP contribution in [0.5, 0.6) is 0 Å². The fraction of sp³-hybridized carbons (Fsp3) is 0.600. The van der Waals surface area contributed by atoms with E-state index in [4.69, 9.17) is 16.7 Å². The second kappa shape index (κ2) is 6.65. The summed E-state index contributed by atoms with van der Waals surface area (Å²) < 4.78 is 27.6. The molecule has 4 nitrogen and oxygen atoms in total. The summed E-state index contributed by atoms with van der Waals surface area (Å²) in [5.41, 5.74) is 0.524. The minimum Gasteiger partial charge on any atom is -0.392 e. The van der Waals surface area contributed by atoms with Crippen molar-refractivity contribution in [3.8, 4) is 0 Å². The lowest BCUT2D eigenvalue weighted by Gasteiger charge is -2.32. The number of nitrogens with one attached hydrogen (secondary N) is 1. The van der Waals surface area contributed by atoms with E-state index in [1.165, 1.54) is 12.1 Å². The lowest BCUT2D eigenvalue weighted by molar-refractivity contribution is 0.242. The van der Waals surface area contributed by atoms with Gasteiger partial charge in [-0.25, -0.2) is 13.1 Å². The van der Waals surface area contributed by atoms with Crippen LogP contribution in [-0.2, 0) is 16.6 Å². The van der Waals surface area contributed by atoms with Crippen molar-refractivity contribution in [3.63, 3.8) is 0 Å². The van der Waals surface area contributed by atoms with Crippen LogP contribution in [0.1, 0.15) is 38.7 Å². The zero-order chi connectivity index (χ0) is 15.6. The number of benzene rings is 1. The highest BCUT2D eigenvalue weighted by atomic mass is 35.5. The molecule has 2 rings (SSSR count). The summed E-state index contributed by atoms with van der Waals surface area (Å²) in [6.45, 7) is 4.17. The minimum atomic E-state index is -3.56. The predicted molar refractivity (Wildman–Crippen MR) is 83.7 cm³/mol. The fourth-order valence-corrected chi connectivity index (χ4v) is 4.38. The van der Waals surface area contributed by atoms with E-state index >= 15 is 0 Å². The maximum absolute atomic E-state index is 12.4. The maximum atomic E-state index is 12.4. The lowest BCUT2D eigenvalue weighted by Crippen LogP contribution is -2.39. The molecular formula is C15H22ClNO3S. The number of hydrogen-bond acceptors (Lipinski definition) is 3. The molecule has 0 aliphatic heterocycles. The van der Waals surface area contributed by atoms with Crippen molar-refractivity contribution in [2.45, 2.75) is 50.7 Å². The van der Waals surface area contributed by atoms with Crippen LogP contribution in [0.25, 0.3) is 0 Å². The van der Waals surface area contributed by atoms with E-state index < -0.39 is 10.0 Å². The quantitative estimate of drug-likeness (QED) is 0.891. The first kappa shape index (κ1) is 16.7. The standard InChI is InChI=1S/C15H22ClNO3S/c1-10-3-5-13(7-11(10)2)17-21(19,20)14-6-4-12(9-18)15(16)8-14/h4,6,8,10-11,13,17-18H,3,5,7,9H2,1-2H3. The van der Waals surface area contributed by atoms with Crippen molar-refractivity contribution in [1.29, 1.82) is 0 Å². The van der Waals surface area contributed by atoms with Crippen LogP contribution in [-0.4, -0.2) is 19.6 Å². The van der Waals surface area contributed by atoms with Crippen molar-refractivity contribution < 1.29 is 13.5 Å². The molecule has 6 heteroatoms. The molecule has 0 saturated heterocycles. The summed E-state index contributed by atoms with van der Waals surface area (Å²) in [6.07, 6.45) is 2.77. The Morgan fingerprint density at radius 3 is 2.57 bits per heavy atom. The van der Waals surface area contributed by atoms with Gasteiger partial charge in [0.25, 0.3) is 0 Å². The van der Waals surface area contributed by atoms with Crippen molar-refractivity contribution in [1.82, 2.24) is 4.72 Å². The van der Waals surface area contributed by atoms with Crippen molar-refractivity contribution in [2.24, 2.45) is 11.8 Å². The molecule has 1 aromatic carbocycles. The van der Waals surface area contributed by atoms with Gasteiger partial charge in [-0.15, -0.1) is 0 Å². The van der Waals surface area contributed by atoms with E-state index in [0.717, 1.165) is 19.3 Å². The van der Waals surface area contributed by atoms with Crippen molar-refractivity contribution >= 4 is 21.6 Å². The summed E-state index contributed by atoms with van der Waals surface area (Å²) in [5.74, 6) is 1.16. The smallest absolute Gasteiger partial charge is 0.240 e. The highest BCUT2D eigenvalue weighted by molar-refractivity contribution is 7.89. The third kappa shape index (κ3) is 3.97. The molecule has 2 N–H and O–H groups in total. The van der Waals surface area contributed by atoms with Gasteiger partial charge in [0, 0.05) is 11.1 Å².